The third kappa shape index (κ3) is 2.68. The van der Waals surface area contributed by atoms with E-state index in [2.05, 4.69) is 46.0 Å². The monoisotopic (exact) mass is 198 g/mol. The fourth-order valence-corrected chi connectivity index (χ4v) is 2.66. The summed E-state index contributed by atoms with van der Waals surface area (Å²) in [6.45, 7) is 11.5. The normalized spacial score (nSPS) is 19.8. The Bertz CT molecular complexity index is 193. The number of hydrogen-bond donors (Lipinski definition) is 0. The van der Waals surface area contributed by atoms with Crippen LogP contribution in [0.2, 0.25) is 18.1 Å². The summed E-state index contributed by atoms with van der Waals surface area (Å²) in [7, 11) is -1.51. The lowest BCUT2D eigenvalue weighted by Crippen LogP contribution is -2.43. The number of hydrogen-bond acceptors (Lipinski definition) is 1. The molecule has 0 heterocycles. The van der Waals surface area contributed by atoms with Gasteiger partial charge in [0.2, 0.25) is 0 Å². The minimum Gasteiger partial charge on any atom is -0.413 e. The van der Waals surface area contributed by atoms with E-state index in [0.29, 0.717) is 11.1 Å². The van der Waals surface area contributed by atoms with E-state index in [9.17, 15) is 0 Å². The molecule has 0 N–H and O–H groups in total. The molecule has 0 saturated carbocycles. The molecule has 0 atom stereocenters. The molecule has 13 heavy (non-hydrogen) atoms. The van der Waals surface area contributed by atoms with Crippen LogP contribution in [-0.2, 0) is 4.43 Å². The van der Waals surface area contributed by atoms with Gasteiger partial charge in [0.05, 0.1) is 6.10 Å². The zero-order valence-electron chi connectivity index (χ0n) is 9.55. The molecule has 0 aliphatic heterocycles. The lowest BCUT2D eigenvalue weighted by Gasteiger charge is -2.38. The van der Waals surface area contributed by atoms with Crippen molar-refractivity contribution in [3.63, 3.8) is 0 Å². The fourth-order valence-electron chi connectivity index (χ4n) is 1.28. The molecule has 0 bridgehead atoms. The smallest absolute Gasteiger partial charge is 0.192 e. The summed E-state index contributed by atoms with van der Waals surface area (Å²) in [4.78, 5) is 0. The molecule has 1 aliphatic carbocycles. The van der Waals surface area contributed by atoms with Gasteiger partial charge in [-0.15, -0.1) is 0 Å². The summed E-state index contributed by atoms with van der Waals surface area (Å²) in [5, 5.41) is 0.343. The summed E-state index contributed by atoms with van der Waals surface area (Å²) >= 11 is 0. The molecule has 0 aromatic rings. The molecule has 76 valence electrons. The van der Waals surface area contributed by atoms with Crippen molar-refractivity contribution in [1.82, 2.24) is 0 Å². The molecule has 2 heteroatoms. The summed E-state index contributed by atoms with van der Waals surface area (Å²) in [6, 6.07) is 0. The van der Waals surface area contributed by atoms with Crippen molar-refractivity contribution in [2.45, 2.75) is 57.8 Å². The van der Waals surface area contributed by atoms with E-state index in [0.717, 1.165) is 12.8 Å². The first kappa shape index (κ1) is 11.0. The SMILES string of the molecule is CC(C)(C)[Si](C)(C)OC1CC=CC1. The molecule has 1 rings (SSSR count). The zero-order valence-corrected chi connectivity index (χ0v) is 10.6. The van der Waals surface area contributed by atoms with Gasteiger partial charge in [0.25, 0.3) is 0 Å². The Kier molecular flexibility index (Phi) is 3.03. The summed E-state index contributed by atoms with van der Waals surface area (Å²) in [5.41, 5.74) is 0. The molecule has 0 saturated heterocycles. The minimum absolute atomic E-state index is 0.343. The lowest BCUT2D eigenvalue weighted by molar-refractivity contribution is 0.194. The molecule has 0 aromatic heterocycles. The first-order valence-corrected chi connectivity index (χ1v) is 8.06. The van der Waals surface area contributed by atoms with E-state index in [-0.39, 0.29) is 0 Å². The van der Waals surface area contributed by atoms with E-state index < -0.39 is 8.32 Å². The van der Waals surface area contributed by atoms with Crippen LogP contribution in [0.3, 0.4) is 0 Å². The van der Waals surface area contributed by atoms with Gasteiger partial charge in [-0.25, -0.2) is 0 Å². The standard InChI is InChI=1S/C11H22OSi/c1-11(2,3)13(4,5)12-10-8-6-7-9-10/h6-7,10H,8-9H2,1-5H3. The van der Waals surface area contributed by atoms with Crippen LogP contribution in [-0.4, -0.2) is 14.4 Å². The van der Waals surface area contributed by atoms with Crippen molar-refractivity contribution in [3.05, 3.63) is 12.2 Å². The van der Waals surface area contributed by atoms with Crippen LogP contribution < -0.4 is 0 Å². The highest BCUT2D eigenvalue weighted by Gasteiger charge is 2.39. The van der Waals surface area contributed by atoms with Crippen molar-refractivity contribution in [2.75, 3.05) is 0 Å². The second-order valence-corrected chi connectivity index (χ2v) is 10.2. The van der Waals surface area contributed by atoms with Gasteiger partial charge in [0.15, 0.2) is 8.32 Å². The van der Waals surface area contributed by atoms with Gasteiger partial charge in [0.1, 0.15) is 0 Å². The highest BCUT2D eigenvalue weighted by molar-refractivity contribution is 6.74. The first-order valence-electron chi connectivity index (χ1n) is 5.16. The van der Waals surface area contributed by atoms with Crippen molar-refractivity contribution < 1.29 is 4.43 Å². The third-order valence-electron chi connectivity index (χ3n) is 3.23. The Morgan fingerprint density at radius 1 is 1.15 bits per heavy atom. The van der Waals surface area contributed by atoms with E-state index in [1.54, 1.807) is 0 Å². The maximum absolute atomic E-state index is 6.24. The Hall–Kier alpha value is -0.0831. The first-order chi connectivity index (χ1) is 5.83. The molecule has 0 aromatic carbocycles. The molecule has 0 amide bonds. The highest BCUT2D eigenvalue weighted by atomic mass is 28.4. The van der Waals surface area contributed by atoms with Gasteiger partial charge in [-0.3, -0.25) is 0 Å². The van der Waals surface area contributed by atoms with Crippen molar-refractivity contribution in [2.24, 2.45) is 0 Å². The molecule has 1 nitrogen and oxygen atoms in total. The molecule has 0 unspecified atom stereocenters. The van der Waals surface area contributed by atoms with Crippen molar-refractivity contribution in [1.29, 1.82) is 0 Å². The quantitative estimate of drug-likeness (QED) is 0.485. The molecule has 0 radical (unpaired) electrons. The molecular weight excluding hydrogens is 176 g/mol. The van der Waals surface area contributed by atoms with Crippen LogP contribution in [0, 0.1) is 0 Å². The Morgan fingerprint density at radius 2 is 1.62 bits per heavy atom. The highest BCUT2D eigenvalue weighted by Crippen LogP contribution is 2.38. The molecule has 0 spiro atoms. The number of rotatable bonds is 2. The second kappa shape index (κ2) is 3.58. The summed E-state index contributed by atoms with van der Waals surface area (Å²) in [5.74, 6) is 0. The van der Waals surface area contributed by atoms with E-state index in [1.807, 2.05) is 0 Å². The molecular formula is C11H22OSi. The van der Waals surface area contributed by atoms with E-state index >= 15 is 0 Å². The Balaban J connectivity index is 2.51. The summed E-state index contributed by atoms with van der Waals surface area (Å²) < 4.78 is 6.24. The largest absolute Gasteiger partial charge is 0.413 e. The topological polar surface area (TPSA) is 9.23 Å². The van der Waals surface area contributed by atoms with Gasteiger partial charge >= 0.3 is 0 Å². The van der Waals surface area contributed by atoms with Crippen LogP contribution in [0.15, 0.2) is 12.2 Å². The zero-order chi connectivity index (χ0) is 10.1. The van der Waals surface area contributed by atoms with Crippen LogP contribution in [0.5, 0.6) is 0 Å². The van der Waals surface area contributed by atoms with Crippen molar-refractivity contribution >= 4 is 8.32 Å². The summed E-state index contributed by atoms with van der Waals surface area (Å²) in [6.07, 6.45) is 7.18. The Morgan fingerprint density at radius 3 is 2.00 bits per heavy atom. The van der Waals surface area contributed by atoms with Gasteiger partial charge < -0.3 is 4.43 Å². The maximum atomic E-state index is 6.24. The third-order valence-corrected chi connectivity index (χ3v) is 7.77. The van der Waals surface area contributed by atoms with Gasteiger partial charge in [-0.1, -0.05) is 32.9 Å². The predicted octanol–water partition coefficient (Wildman–Crippen LogP) is 3.73. The fraction of sp³-hybridized carbons (Fsp3) is 0.818. The lowest BCUT2D eigenvalue weighted by atomic mass is 10.2. The average Bonchev–Trinajstić information content (AvgIpc) is 2.35. The Labute approximate surface area is 83.3 Å². The van der Waals surface area contributed by atoms with Crippen molar-refractivity contribution in [3.8, 4) is 0 Å². The second-order valence-electron chi connectivity index (χ2n) is 5.44. The van der Waals surface area contributed by atoms with Gasteiger partial charge in [0, 0.05) is 0 Å². The minimum atomic E-state index is -1.51. The van der Waals surface area contributed by atoms with Crippen LogP contribution >= 0.6 is 0 Å². The van der Waals surface area contributed by atoms with Crippen LogP contribution in [0.4, 0.5) is 0 Å². The average molecular weight is 198 g/mol. The van der Waals surface area contributed by atoms with E-state index in [4.69, 9.17) is 4.43 Å². The van der Waals surface area contributed by atoms with E-state index in [1.165, 1.54) is 0 Å². The molecule has 1 aliphatic rings. The van der Waals surface area contributed by atoms with Gasteiger partial charge in [-0.2, -0.15) is 0 Å². The van der Waals surface area contributed by atoms with Crippen LogP contribution in [0.25, 0.3) is 0 Å². The van der Waals surface area contributed by atoms with Crippen LogP contribution in [0.1, 0.15) is 33.6 Å². The van der Waals surface area contributed by atoms with Gasteiger partial charge in [-0.05, 0) is 31.0 Å². The predicted molar refractivity (Wildman–Crippen MR) is 60.4 cm³/mol. The maximum Gasteiger partial charge on any atom is 0.192 e. The molecule has 0 fully saturated rings.